The van der Waals surface area contributed by atoms with E-state index >= 15 is 0 Å². The van der Waals surface area contributed by atoms with Gasteiger partial charge in [0.05, 0.1) is 0 Å². The first-order chi connectivity index (χ1) is 8.76. The largest absolute Gasteiger partial charge is 0.312 e. The Morgan fingerprint density at radius 1 is 1.00 bits per heavy atom. The van der Waals surface area contributed by atoms with Crippen molar-refractivity contribution in [2.24, 2.45) is 5.92 Å². The Morgan fingerprint density at radius 3 is 2.56 bits per heavy atom. The lowest BCUT2D eigenvalue weighted by molar-refractivity contribution is 0.375. The summed E-state index contributed by atoms with van der Waals surface area (Å²) in [5, 5.41) is 3.88. The second-order valence-corrected chi connectivity index (χ2v) is 6.42. The highest BCUT2D eigenvalue weighted by molar-refractivity contribution is 4.77. The van der Waals surface area contributed by atoms with E-state index in [0.717, 1.165) is 18.0 Å². The summed E-state index contributed by atoms with van der Waals surface area (Å²) in [6.45, 7) is 7.00. The van der Waals surface area contributed by atoms with E-state index < -0.39 is 0 Å². The van der Waals surface area contributed by atoms with Crippen LogP contribution < -0.4 is 5.32 Å². The highest BCUT2D eigenvalue weighted by Crippen LogP contribution is 2.27. The van der Waals surface area contributed by atoms with Gasteiger partial charge in [0.15, 0.2) is 0 Å². The molecule has 1 N–H and O–H groups in total. The third kappa shape index (κ3) is 6.78. The molecule has 0 bridgehead atoms. The molecule has 18 heavy (non-hydrogen) atoms. The van der Waals surface area contributed by atoms with Crippen LogP contribution in [0, 0.1) is 5.92 Å². The van der Waals surface area contributed by atoms with Crippen molar-refractivity contribution in [1.82, 2.24) is 5.32 Å². The number of hydrogen-bond donors (Lipinski definition) is 1. The Balaban J connectivity index is 2.17. The first kappa shape index (κ1) is 16.0. The summed E-state index contributed by atoms with van der Waals surface area (Å²) in [7, 11) is 0. The molecule has 0 saturated heterocycles. The second kappa shape index (κ2) is 9.83. The molecule has 108 valence electrons. The zero-order chi connectivity index (χ0) is 13.2. The van der Waals surface area contributed by atoms with Crippen LogP contribution >= 0.6 is 0 Å². The van der Waals surface area contributed by atoms with Crippen LogP contribution in [0.5, 0.6) is 0 Å². The fourth-order valence-corrected chi connectivity index (χ4v) is 3.43. The van der Waals surface area contributed by atoms with Gasteiger partial charge < -0.3 is 5.32 Å². The van der Waals surface area contributed by atoms with Crippen molar-refractivity contribution in [2.75, 3.05) is 0 Å². The minimum atomic E-state index is 0.726. The fraction of sp³-hybridized carbons (Fsp3) is 1.00. The van der Waals surface area contributed by atoms with Crippen molar-refractivity contribution in [1.29, 1.82) is 0 Å². The SMILES string of the molecule is CCCCCC(C)NC1CCCC(CCC)CC1. The molecule has 1 nitrogen and oxygen atoms in total. The van der Waals surface area contributed by atoms with Gasteiger partial charge in [0.1, 0.15) is 0 Å². The smallest absolute Gasteiger partial charge is 0.00696 e. The van der Waals surface area contributed by atoms with Gasteiger partial charge in [-0.1, -0.05) is 58.8 Å². The van der Waals surface area contributed by atoms with Crippen molar-refractivity contribution < 1.29 is 0 Å². The molecule has 0 aliphatic heterocycles. The van der Waals surface area contributed by atoms with Gasteiger partial charge in [0.2, 0.25) is 0 Å². The maximum Gasteiger partial charge on any atom is 0.00696 e. The molecule has 1 fully saturated rings. The predicted octanol–water partition coefficient (Wildman–Crippen LogP) is 5.29. The summed E-state index contributed by atoms with van der Waals surface area (Å²) >= 11 is 0. The Hall–Kier alpha value is -0.0400. The van der Waals surface area contributed by atoms with Gasteiger partial charge >= 0.3 is 0 Å². The molecular formula is C17H35N. The van der Waals surface area contributed by atoms with Crippen LogP contribution in [0.25, 0.3) is 0 Å². The van der Waals surface area contributed by atoms with Gasteiger partial charge in [0, 0.05) is 12.1 Å². The molecule has 1 heteroatoms. The van der Waals surface area contributed by atoms with E-state index in [9.17, 15) is 0 Å². The molecule has 0 radical (unpaired) electrons. The van der Waals surface area contributed by atoms with Crippen molar-refractivity contribution in [3.8, 4) is 0 Å². The van der Waals surface area contributed by atoms with E-state index in [0.29, 0.717) is 0 Å². The Bertz CT molecular complexity index is 190. The van der Waals surface area contributed by atoms with Gasteiger partial charge in [-0.15, -0.1) is 0 Å². The molecule has 0 heterocycles. The van der Waals surface area contributed by atoms with Gasteiger partial charge in [-0.05, 0) is 38.5 Å². The molecule has 0 aromatic heterocycles. The van der Waals surface area contributed by atoms with Crippen LogP contribution in [0.4, 0.5) is 0 Å². The summed E-state index contributed by atoms with van der Waals surface area (Å²) in [6, 6.07) is 1.53. The highest BCUT2D eigenvalue weighted by Gasteiger charge is 2.19. The van der Waals surface area contributed by atoms with Crippen LogP contribution in [0.1, 0.15) is 91.4 Å². The molecule has 1 saturated carbocycles. The summed E-state index contributed by atoms with van der Waals surface area (Å²) in [6.07, 6.45) is 15.6. The number of rotatable bonds is 8. The average Bonchev–Trinajstić information content (AvgIpc) is 2.56. The Morgan fingerprint density at radius 2 is 1.83 bits per heavy atom. The summed E-state index contributed by atoms with van der Waals surface area (Å²) < 4.78 is 0. The van der Waals surface area contributed by atoms with E-state index in [1.54, 1.807) is 0 Å². The van der Waals surface area contributed by atoms with Crippen LogP contribution in [-0.2, 0) is 0 Å². The molecule has 0 amide bonds. The quantitative estimate of drug-likeness (QED) is 0.457. The molecule has 1 aliphatic rings. The summed E-state index contributed by atoms with van der Waals surface area (Å²) in [4.78, 5) is 0. The second-order valence-electron chi connectivity index (χ2n) is 6.42. The minimum absolute atomic E-state index is 0.726. The zero-order valence-corrected chi connectivity index (χ0v) is 13.0. The average molecular weight is 253 g/mol. The Kier molecular flexibility index (Phi) is 8.75. The molecule has 1 rings (SSSR count). The van der Waals surface area contributed by atoms with Crippen LogP contribution in [0.2, 0.25) is 0 Å². The van der Waals surface area contributed by atoms with Gasteiger partial charge in [-0.25, -0.2) is 0 Å². The van der Waals surface area contributed by atoms with Crippen molar-refractivity contribution >= 4 is 0 Å². The first-order valence-electron chi connectivity index (χ1n) is 8.52. The lowest BCUT2D eigenvalue weighted by atomic mass is 9.95. The Labute approximate surface area is 115 Å². The van der Waals surface area contributed by atoms with Gasteiger partial charge in [0.25, 0.3) is 0 Å². The van der Waals surface area contributed by atoms with Crippen molar-refractivity contribution in [2.45, 2.75) is 103 Å². The summed E-state index contributed by atoms with van der Waals surface area (Å²) in [5.74, 6) is 1.03. The molecule has 3 unspecified atom stereocenters. The molecule has 1 aliphatic carbocycles. The van der Waals surface area contributed by atoms with Gasteiger partial charge in [-0.3, -0.25) is 0 Å². The van der Waals surface area contributed by atoms with E-state index in [4.69, 9.17) is 0 Å². The van der Waals surface area contributed by atoms with Crippen molar-refractivity contribution in [3.05, 3.63) is 0 Å². The van der Waals surface area contributed by atoms with Crippen LogP contribution in [0.3, 0.4) is 0 Å². The number of nitrogens with one attached hydrogen (secondary N) is 1. The summed E-state index contributed by atoms with van der Waals surface area (Å²) in [5.41, 5.74) is 0. The third-order valence-corrected chi connectivity index (χ3v) is 4.55. The van der Waals surface area contributed by atoms with E-state index in [1.165, 1.54) is 70.6 Å². The van der Waals surface area contributed by atoms with E-state index in [1.807, 2.05) is 0 Å². The minimum Gasteiger partial charge on any atom is -0.312 e. The fourth-order valence-electron chi connectivity index (χ4n) is 3.43. The first-order valence-corrected chi connectivity index (χ1v) is 8.52. The lowest BCUT2D eigenvalue weighted by Gasteiger charge is -2.22. The van der Waals surface area contributed by atoms with Gasteiger partial charge in [-0.2, -0.15) is 0 Å². The normalized spacial score (nSPS) is 26.8. The maximum atomic E-state index is 3.88. The predicted molar refractivity (Wildman–Crippen MR) is 82.0 cm³/mol. The molecule has 0 aromatic carbocycles. The van der Waals surface area contributed by atoms with Crippen LogP contribution in [0.15, 0.2) is 0 Å². The number of hydrogen-bond acceptors (Lipinski definition) is 1. The topological polar surface area (TPSA) is 12.0 Å². The zero-order valence-electron chi connectivity index (χ0n) is 13.0. The standard InChI is InChI=1S/C17H35N/c1-4-6-7-10-15(3)18-17-12-8-11-16(9-5-2)13-14-17/h15-18H,4-14H2,1-3H3. The highest BCUT2D eigenvalue weighted by atomic mass is 14.9. The van der Waals surface area contributed by atoms with E-state index in [-0.39, 0.29) is 0 Å². The molecule has 0 spiro atoms. The van der Waals surface area contributed by atoms with E-state index in [2.05, 4.69) is 26.1 Å². The molecule has 0 aromatic rings. The monoisotopic (exact) mass is 253 g/mol. The molecular weight excluding hydrogens is 218 g/mol. The lowest BCUT2D eigenvalue weighted by Crippen LogP contribution is -2.36. The van der Waals surface area contributed by atoms with Crippen molar-refractivity contribution in [3.63, 3.8) is 0 Å². The maximum absolute atomic E-state index is 3.88. The van der Waals surface area contributed by atoms with Crippen LogP contribution in [-0.4, -0.2) is 12.1 Å². The third-order valence-electron chi connectivity index (χ3n) is 4.55. The number of unbranched alkanes of at least 4 members (excludes halogenated alkanes) is 2. The molecule has 3 atom stereocenters.